The van der Waals surface area contributed by atoms with E-state index in [0.717, 1.165) is 16.3 Å². The van der Waals surface area contributed by atoms with Crippen LogP contribution >= 0.6 is 0 Å². The smallest absolute Gasteiger partial charge is 0.325 e. The molecule has 150 valence electrons. The highest BCUT2D eigenvalue weighted by Crippen LogP contribution is 2.23. The summed E-state index contributed by atoms with van der Waals surface area (Å²) in [5, 5.41) is 9.95. The maximum atomic E-state index is 12.5. The third kappa shape index (κ3) is 3.92. The van der Waals surface area contributed by atoms with Crippen molar-refractivity contribution in [2.45, 2.75) is 59.2 Å². The highest BCUT2D eigenvalue weighted by Gasteiger charge is 2.38. The molecule has 0 aromatic carbocycles. The number of rotatable bonds is 7. The van der Waals surface area contributed by atoms with Crippen molar-refractivity contribution < 1.29 is 18.8 Å². The second kappa shape index (κ2) is 7.87. The number of nitrogens with one attached hydrogen (secondary N) is 2. The van der Waals surface area contributed by atoms with E-state index in [0.29, 0.717) is 11.4 Å². The van der Waals surface area contributed by atoms with Gasteiger partial charge in [0.2, 0.25) is 5.91 Å². The molecule has 28 heavy (non-hydrogen) atoms. The van der Waals surface area contributed by atoms with E-state index in [1.807, 2.05) is 32.4 Å². The van der Waals surface area contributed by atoms with Crippen LogP contribution in [-0.2, 0) is 16.1 Å². The van der Waals surface area contributed by atoms with E-state index in [2.05, 4.69) is 15.7 Å². The summed E-state index contributed by atoms with van der Waals surface area (Å²) < 4.78 is 7.05. The van der Waals surface area contributed by atoms with E-state index in [4.69, 9.17) is 4.42 Å². The summed E-state index contributed by atoms with van der Waals surface area (Å²) in [6.45, 7) is 7.87. The fourth-order valence-electron chi connectivity index (χ4n) is 3.30. The zero-order valence-electron chi connectivity index (χ0n) is 16.5. The number of hydrogen-bond donors (Lipinski definition) is 2. The van der Waals surface area contributed by atoms with E-state index >= 15 is 0 Å². The molecule has 0 bridgehead atoms. The van der Waals surface area contributed by atoms with Gasteiger partial charge < -0.3 is 15.1 Å². The average Bonchev–Trinajstić information content (AvgIpc) is 3.32. The number of imide groups is 1. The molecule has 9 heteroatoms. The third-order valence-corrected chi connectivity index (χ3v) is 4.74. The first kappa shape index (κ1) is 19.7. The molecule has 1 aliphatic rings. The van der Waals surface area contributed by atoms with E-state index in [9.17, 15) is 14.4 Å². The van der Waals surface area contributed by atoms with Gasteiger partial charge in [-0.3, -0.25) is 19.2 Å². The Morgan fingerprint density at radius 3 is 2.71 bits per heavy atom. The van der Waals surface area contributed by atoms with E-state index in [1.54, 1.807) is 12.1 Å². The monoisotopic (exact) mass is 387 g/mol. The van der Waals surface area contributed by atoms with Crippen molar-refractivity contribution in [1.29, 1.82) is 0 Å². The summed E-state index contributed by atoms with van der Waals surface area (Å²) in [6, 6.07) is 2.39. The van der Waals surface area contributed by atoms with Gasteiger partial charge in [0.1, 0.15) is 11.8 Å². The summed E-state index contributed by atoms with van der Waals surface area (Å²) in [6.07, 6.45) is 1.82. The molecule has 2 aromatic heterocycles. The van der Waals surface area contributed by atoms with Gasteiger partial charge >= 0.3 is 6.03 Å². The van der Waals surface area contributed by atoms with Crippen molar-refractivity contribution in [2.75, 3.05) is 5.32 Å². The van der Waals surface area contributed by atoms with Crippen LogP contribution < -0.4 is 10.6 Å². The average molecular weight is 387 g/mol. The first-order valence-corrected chi connectivity index (χ1v) is 9.27. The minimum Gasteiger partial charge on any atom is -0.467 e. The minimum absolute atomic E-state index is 0.0765. The van der Waals surface area contributed by atoms with Crippen LogP contribution in [-0.4, -0.2) is 38.6 Å². The third-order valence-electron chi connectivity index (χ3n) is 4.74. The zero-order chi connectivity index (χ0) is 20.4. The second-order valence-corrected chi connectivity index (χ2v) is 7.18. The number of carbonyl (C=O) groups is 3. The van der Waals surface area contributed by atoms with Crippen LogP contribution in [0, 0.1) is 13.8 Å². The normalized spacial score (nSPS) is 16.8. The van der Waals surface area contributed by atoms with Crippen LogP contribution in [0.4, 0.5) is 10.5 Å². The van der Waals surface area contributed by atoms with Crippen LogP contribution in [0.1, 0.15) is 49.9 Å². The number of anilines is 1. The molecule has 0 spiro atoms. The van der Waals surface area contributed by atoms with Gasteiger partial charge in [-0.05, 0) is 46.2 Å². The number of nitrogens with zero attached hydrogens (tertiary/aromatic N) is 3. The Balaban J connectivity index is 1.56. The van der Waals surface area contributed by atoms with E-state index in [1.165, 1.54) is 6.26 Å². The Hall–Kier alpha value is -3.10. The second-order valence-electron chi connectivity index (χ2n) is 7.18. The van der Waals surface area contributed by atoms with Gasteiger partial charge in [0.15, 0.2) is 0 Å². The molecule has 0 saturated carbocycles. The van der Waals surface area contributed by atoms with Crippen molar-refractivity contribution in [3.05, 3.63) is 35.5 Å². The minimum atomic E-state index is -0.714. The van der Waals surface area contributed by atoms with Crippen LogP contribution in [0.25, 0.3) is 0 Å². The van der Waals surface area contributed by atoms with Gasteiger partial charge in [0, 0.05) is 12.5 Å². The van der Waals surface area contributed by atoms with Gasteiger partial charge in [-0.1, -0.05) is 0 Å². The summed E-state index contributed by atoms with van der Waals surface area (Å²) in [4.78, 5) is 38.0. The van der Waals surface area contributed by atoms with Crippen LogP contribution in [0.3, 0.4) is 0 Å². The molecule has 1 fully saturated rings. The summed E-state index contributed by atoms with van der Waals surface area (Å²) in [7, 11) is 0. The number of furan rings is 1. The molecule has 1 atom stereocenters. The lowest BCUT2D eigenvalue weighted by Crippen LogP contribution is -2.31. The first-order valence-electron chi connectivity index (χ1n) is 9.27. The van der Waals surface area contributed by atoms with Crippen molar-refractivity contribution in [3.63, 3.8) is 0 Å². The Morgan fingerprint density at radius 2 is 2.11 bits per heavy atom. The Kier molecular flexibility index (Phi) is 5.53. The lowest BCUT2D eigenvalue weighted by molar-refractivity contribution is -0.128. The number of aromatic nitrogens is 2. The molecule has 0 unspecified atom stereocenters. The molecule has 9 nitrogen and oxygen atoms in total. The SMILES string of the molecule is Cc1nn(C(C)C)c(C)c1NC(=O)CC[C@H]1NC(=O)N(Cc2ccco2)C1=O. The quantitative estimate of drug-likeness (QED) is 0.710. The maximum Gasteiger partial charge on any atom is 0.325 e. The van der Waals surface area contributed by atoms with Crippen molar-refractivity contribution in [2.24, 2.45) is 0 Å². The number of urea groups is 1. The number of hydrogen-bond acceptors (Lipinski definition) is 5. The standard InChI is InChI=1S/C19H25N5O4/c1-11(2)24-13(4)17(12(3)22-24)21-16(25)8-7-15-18(26)23(19(27)20-15)10-14-6-5-9-28-14/h5-6,9,11,15H,7-8,10H2,1-4H3,(H,20,27)(H,21,25)/t15-/m1/s1. The molecular formula is C19H25N5O4. The van der Waals surface area contributed by atoms with Crippen LogP contribution in [0.15, 0.2) is 22.8 Å². The molecule has 3 rings (SSSR count). The predicted molar refractivity (Wildman–Crippen MR) is 102 cm³/mol. The van der Waals surface area contributed by atoms with E-state index in [-0.39, 0.29) is 37.2 Å². The Bertz CT molecular complexity index is 885. The van der Waals surface area contributed by atoms with Gasteiger partial charge in [-0.15, -0.1) is 0 Å². The molecule has 0 radical (unpaired) electrons. The van der Waals surface area contributed by atoms with Gasteiger partial charge in [-0.2, -0.15) is 5.10 Å². The van der Waals surface area contributed by atoms with Crippen molar-refractivity contribution in [1.82, 2.24) is 20.0 Å². The summed E-state index contributed by atoms with van der Waals surface area (Å²) in [5.41, 5.74) is 2.32. The summed E-state index contributed by atoms with van der Waals surface area (Å²) in [5.74, 6) is -0.0507. The fraction of sp³-hybridized carbons (Fsp3) is 0.474. The van der Waals surface area contributed by atoms with E-state index < -0.39 is 12.1 Å². The lowest BCUT2D eigenvalue weighted by atomic mass is 10.1. The van der Waals surface area contributed by atoms with Gasteiger partial charge in [0.05, 0.1) is 29.9 Å². The molecule has 2 N–H and O–H groups in total. The fourth-order valence-corrected chi connectivity index (χ4v) is 3.30. The Morgan fingerprint density at radius 1 is 1.36 bits per heavy atom. The van der Waals surface area contributed by atoms with Crippen LogP contribution in [0.5, 0.6) is 0 Å². The summed E-state index contributed by atoms with van der Waals surface area (Å²) >= 11 is 0. The molecule has 3 heterocycles. The van der Waals surface area contributed by atoms with Crippen molar-refractivity contribution >= 4 is 23.5 Å². The number of amides is 4. The van der Waals surface area contributed by atoms with Gasteiger partial charge in [0.25, 0.3) is 5.91 Å². The number of carbonyl (C=O) groups excluding carboxylic acids is 3. The van der Waals surface area contributed by atoms with Gasteiger partial charge in [-0.25, -0.2) is 4.79 Å². The Labute approximate surface area is 163 Å². The molecule has 2 aromatic rings. The topological polar surface area (TPSA) is 109 Å². The molecule has 1 saturated heterocycles. The highest BCUT2D eigenvalue weighted by atomic mass is 16.3. The molecular weight excluding hydrogens is 362 g/mol. The molecule has 0 aliphatic carbocycles. The largest absolute Gasteiger partial charge is 0.467 e. The van der Waals surface area contributed by atoms with Crippen LogP contribution in [0.2, 0.25) is 0 Å². The predicted octanol–water partition coefficient (Wildman–Crippen LogP) is 2.51. The maximum absolute atomic E-state index is 12.5. The molecule has 4 amide bonds. The number of aryl methyl sites for hydroxylation is 1. The zero-order valence-corrected chi connectivity index (χ0v) is 16.5. The molecule has 1 aliphatic heterocycles. The van der Waals surface area contributed by atoms with Crippen molar-refractivity contribution in [3.8, 4) is 0 Å². The first-order chi connectivity index (χ1) is 13.3. The lowest BCUT2D eigenvalue weighted by Gasteiger charge is -2.12. The highest BCUT2D eigenvalue weighted by molar-refractivity contribution is 6.04.